The second-order valence-corrected chi connectivity index (χ2v) is 2.45. The van der Waals surface area contributed by atoms with Crippen molar-refractivity contribution < 1.29 is 4.74 Å². The predicted molar refractivity (Wildman–Crippen MR) is 44.8 cm³/mol. The third-order valence-corrected chi connectivity index (χ3v) is 1.69. The van der Waals surface area contributed by atoms with Crippen molar-refractivity contribution in [3.63, 3.8) is 0 Å². The molecule has 1 N–H and O–H groups in total. The standard InChI is InChI=1S/C7H15NO.ClH/c1-2-9-6-7-4-3-5-8-7;/h7-8H,2-6H2,1H3;1H/t7-;/m1./s1. The first-order chi connectivity index (χ1) is 4.43. The van der Waals surface area contributed by atoms with E-state index in [-0.39, 0.29) is 12.4 Å². The Hall–Kier alpha value is 0.210. The minimum Gasteiger partial charge on any atom is -0.380 e. The topological polar surface area (TPSA) is 21.3 Å². The molecule has 1 rings (SSSR count). The van der Waals surface area contributed by atoms with Crippen LogP contribution < -0.4 is 5.32 Å². The molecule has 10 heavy (non-hydrogen) atoms. The minimum absolute atomic E-state index is 0. The molecule has 0 aromatic rings. The fraction of sp³-hybridized carbons (Fsp3) is 1.00. The molecule has 0 radical (unpaired) electrons. The number of nitrogens with one attached hydrogen (secondary N) is 1. The summed E-state index contributed by atoms with van der Waals surface area (Å²) in [5.41, 5.74) is 0. The van der Waals surface area contributed by atoms with Crippen molar-refractivity contribution in [2.24, 2.45) is 0 Å². The molecule has 0 aromatic heterocycles. The molecular formula is C7H16ClNO. The first kappa shape index (κ1) is 10.2. The Bertz CT molecular complexity index is 74.0. The fourth-order valence-electron chi connectivity index (χ4n) is 1.16. The summed E-state index contributed by atoms with van der Waals surface area (Å²) in [6.45, 7) is 4.96. The van der Waals surface area contributed by atoms with Crippen molar-refractivity contribution in [1.29, 1.82) is 0 Å². The Labute approximate surface area is 68.7 Å². The van der Waals surface area contributed by atoms with Crippen molar-refractivity contribution in [3.8, 4) is 0 Å². The lowest BCUT2D eigenvalue weighted by atomic mass is 10.2. The normalized spacial score (nSPS) is 24.3. The smallest absolute Gasteiger partial charge is 0.0619 e. The van der Waals surface area contributed by atoms with Crippen molar-refractivity contribution >= 4 is 12.4 Å². The van der Waals surface area contributed by atoms with E-state index in [1.807, 2.05) is 6.92 Å². The Morgan fingerprint density at radius 1 is 1.60 bits per heavy atom. The van der Waals surface area contributed by atoms with Gasteiger partial charge in [0.2, 0.25) is 0 Å². The van der Waals surface area contributed by atoms with E-state index in [1.54, 1.807) is 0 Å². The van der Waals surface area contributed by atoms with Crippen LogP contribution in [0.1, 0.15) is 19.8 Å². The molecule has 0 spiro atoms. The predicted octanol–water partition coefficient (Wildman–Crippen LogP) is 1.20. The maximum Gasteiger partial charge on any atom is 0.0619 e. The van der Waals surface area contributed by atoms with E-state index < -0.39 is 0 Å². The van der Waals surface area contributed by atoms with Gasteiger partial charge < -0.3 is 10.1 Å². The molecule has 1 atom stereocenters. The Kier molecular flexibility index (Phi) is 6.08. The second-order valence-electron chi connectivity index (χ2n) is 2.45. The van der Waals surface area contributed by atoms with Crippen molar-refractivity contribution in [1.82, 2.24) is 5.32 Å². The van der Waals surface area contributed by atoms with Gasteiger partial charge in [-0.2, -0.15) is 0 Å². The van der Waals surface area contributed by atoms with Gasteiger partial charge >= 0.3 is 0 Å². The SMILES string of the molecule is CCOC[C@H]1CCCN1.Cl. The second kappa shape index (κ2) is 5.96. The van der Waals surface area contributed by atoms with Crippen LogP contribution in [0.5, 0.6) is 0 Å². The van der Waals surface area contributed by atoms with E-state index in [0.29, 0.717) is 6.04 Å². The molecule has 1 aliphatic heterocycles. The average Bonchev–Trinajstić information content (AvgIpc) is 2.34. The molecule has 1 fully saturated rings. The Morgan fingerprint density at radius 2 is 2.40 bits per heavy atom. The molecule has 0 aromatic carbocycles. The van der Waals surface area contributed by atoms with Crippen LogP contribution >= 0.6 is 12.4 Å². The molecule has 0 amide bonds. The van der Waals surface area contributed by atoms with Gasteiger partial charge in [-0.05, 0) is 26.3 Å². The molecule has 1 saturated heterocycles. The van der Waals surface area contributed by atoms with Crippen LogP contribution in [0.2, 0.25) is 0 Å². The number of halogens is 1. The fourth-order valence-corrected chi connectivity index (χ4v) is 1.16. The van der Waals surface area contributed by atoms with Crippen LogP contribution in [0, 0.1) is 0 Å². The lowest BCUT2D eigenvalue weighted by molar-refractivity contribution is 0.128. The molecule has 1 aliphatic rings. The third kappa shape index (κ3) is 3.40. The van der Waals surface area contributed by atoms with Crippen LogP contribution in [-0.4, -0.2) is 25.8 Å². The molecular weight excluding hydrogens is 150 g/mol. The van der Waals surface area contributed by atoms with E-state index >= 15 is 0 Å². The number of hydrogen-bond acceptors (Lipinski definition) is 2. The van der Waals surface area contributed by atoms with Crippen molar-refractivity contribution in [2.45, 2.75) is 25.8 Å². The van der Waals surface area contributed by atoms with Gasteiger partial charge in [-0.25, -0.2) is 0 Å². The summed E-state index contributed by atoms with van der Waals surface area (Å²) in [4.78, 5) is 0. The maximum absolute atomic E-state index is 5.25. The lowest BCUT2D eigenvalue weighted by Gasteiger charge is -2.08. The van der Waals surface area contributed by atoms with Gasteiger partial charge in [-0.15, -0.1) is 12.4 Å². The monoisotopic (exact) mass is 165 g/mol. The minimum atomic E-state index is 0. The van der Waals surface area contributed by atoms with Crippen LogP contribution in [0.4, 0.5) is 0 Å². The summed E-state index contributed by atoms with van der Waals surface area (Å²) < 4.78 is 5.25. The highest BCUT2D eigenvalue weighted by Gasteiger charge is 2.12. The largest absolute Gasteiger partial charge is 0.380 e. The molecule has 0 unspecified atom stereocenters. The highest BCUT2D eigenvalue weighted by atomic mass is 35.5. The van der Waals surface area contributed by atoms with Gasteiger partial charge in [-0.3, -0.25) is 0 Å². The summed E-state index contributed by atoms with van der Waals surface area (Å²) in [5.74, 6) is 0. The zero-order valence-corrected chi connectivity index (χ0v) is 7.25. The average molecular weight is 166 g/mol. The molecule has 1 heterocycles. The molecule has 62 valence electrons. The third-order valence-electron chi connectivity index (χ3n) is 1.69. The van der Waals surface area contributed by atoms with Crippen LogP contribution in [0.25, 0.3) is 0 Å². The van der Waals surface area contributed by atoms with Gasteiger partial charge in [0.25, 0.3) is 0 Å². The van der Waals surface area contributed by atoms with Crippen molar-refractivity contribution in [2.75, 3.05) is 19.8 Å². The summed E-state index contributed by atoms with van der Waals surface area (Å²) in [7, 11) is 0. The first-order valence-corrected chi connectivity index (χ1v) is 3.74. The van der Waals surface area contributed by atoms with E-state index in [9.17, 15) is 0 Å². The van der Waals surface area contributed by atoms with E-state index in [0.717, 1.165) is 13.2 Å². The number of hydrogen-bond donors (Lipinski definition) is 1. The highest BCUT2D eigenvalue weighted by molar-refractivity contribution is 5.85. The lowest BCUT2D eigenvalue weighted by Crippen LogP contribution is -2.26. The van der Waals surface area contributed by atoms with Gasteiger partial charge in [0.05, 0.1) is 6.61 Å². The molecule has 2 nitrogen and oxygen atoms in total. The molecule has 0 saturated carbocycles. The van der Waals surface area contributed by atoms with E-state index in [4.69, 9.17) is 4.74 Å². The Morgan fingerprint density at radius 3 is 2.90 bits per heavy atom. The Balaban J connectivity index is 0.000000810. The summed E-state index contributed by atoms with van der Waals surface area (Å²) >= 11 is 0. The molecule has 3 heteroatoms. The van der Waals surface area contributed by atoms with Crippen LogP contribution in [-0.2, 0) is 4.74 Å². The number of ether oxygens (including phenoxy) is 1. The van der Waals surface area contributed by atoms with E-state index in [1.165, 1.54) is 19.4 Å². The van der Waals surface area contributed by atoms with Gasteiger partial charge in [-0.1, -0.05) is 0 Å². The zero-order chi connectivity index (χ0) is 6.53. The first-order valence-electron chi connectivity index (χ1n) is 3.74. The van der Waals surface area contributed by atoms with Crippen molar-refractivity contribution in [3.05, 3.63) is 0 Å². The summed E-state index contributed by atoms with van der Waals surface area (Å²) in [6, 6.07) is 0.643. The van der Waals surface area contributed by atoms with Gasteiger partial charge in [0, 0.05) is 12.6 Å². The van der Waals surface area contributed by atoms with Crippen LogP contribution in [0.3, 0.4) is 0 Å². The number of rotatable bonds is 3. The maximum atomic E-state index is 5.25. The molecule has 0 bridgehead atoms. The summed E-state index contributed by atoms with van der Waals surface area (Å²) in [5, 5.41) is 3.37. The summed E-state index contributed by atoms with van der Waals surface area (Å²) in [6.07, 6.45) is 2.61. The van der Waals surface area contributed by atoms with Crippen LogP contribution in [0.15, 0.2) is 0 Å². The quantitative estimate of drug-likeness (QED) is 0.679. The van der Waals surface area contributed by atoms with Gasteiger partial charge in [0.1, 0.15) is 0 Å². The van der Waals surface area contributed by atoms with Gasteiger partial charge in [0.15, 0.2) is 0 Å². The highest BCUT2D eigenvalue weighted by Crippen LogP contribution is 2.04. The molecule has 0 aliphatic carbocycles. The van der Waals surface area contributed by atoms with E-state index in [2.05, 4.69) is 5.32 Å². The zero-order valence-electron chi connectivity index (χ0n) is 6.43.